The SMILES string of the molecule is Cn1ccnc1CNC(=O)C(=O)NCC(N)=S. The van der Waals surface area contributed by atoms with E-state index in [9.17, 15) is 9.59 Å². The zero-order valence-corrected chi connectivity index (χ0v) is 10.1. The second-order valence-corrected chi connectivity index (χ2v) is 3.81. The van der Waals surface area contributed by atoms with Crippen molar-refractivity contribution in [2.75, 3.05) is 6.54 Å². The molecule has 0 fully saturated rings. The van der Waals surface area contributed by atoms with Crippen LogP contribution in [0.4, 0.5) is 0 Å². The molecule has 0 saturated heterocycles. The van der Waals surface area contributed by atoms with Gasteiger partial charge in [0.2, 0.25) is 0 Å². The number of imidazole rings is 1. The smallest absolute Gasteiger partial charge is 0.309 e. The first-order chi connectivity index (χ1) is 8.00. The van der Waals surface area contributed by atoms with E-state index >= 15 is 0 Å². The zero-order chi connectivity index (χ0) is 12.8. The summed E-state index contributed by atoms with van der Waals surface area (Å²) in [6.45, 7) is 0.187. The summed E-state index contributed by atoms with van der Waals surface area (Å²) in [5.41, 5.74) is 5.18. The van der Waals surface area contributed by atoms with Crippen LogP contribution in [0.25, 0.3) is 0 Å². The van der Waals surface area contributed by atoms with Gasteiger partial charge in [-0.05, 0) is 0 Å². The summed E-state index contributed by atoms with van der Waals surface area (Å²) in [5.74, 6) is -0.864. The molecule has 7 nitrogen and oxygen atoms in total. The normalized spacial score (nSPS) is 9.71. The number of carbonyl (C=O) groups excluding carboxylic acids is 2. The molecular weight excluding hydrogens is 242 g/mol. The predicted molar refractivity (Wildman–Crippen MR) is 64.8 cm³/mol. The molecule has 0 saturated carbocycles. The van der Waals surface area contributed by atoms with Gasteiger partial charge in [0.1, 0.15) is 5.82 Å². The van der Waals surface area contributed by atoms with Crippen LogP contribution in [0.3, 0.4) is 0 Å². The molecule has 0 bridgehead atoms. The van der Waals surface area contributed by atoms with E-state index in [1.807, 2.05) is 0 Å². The second kappa shape index (κ2) is 5.94. The summed E-state index contributed by atoms with van der Waals surface area (Å²) >= 11 is 4.57. The summed E-state index contributed by atoms with van der Waals surface area (Å²) < 4.78 is 1.74. The fourth-order valence-electron chi connectivity index (χ4n) is 1.05. The van der Waals surface area contributed by atoms with Gasteiger partial charge >= 0.3 is 11.8 Å². The molecule has 0 aliphatic heterocycles. The van der Waals surface area contributed by atoms with Crippen LogP contribution in [-0.4, -0.2) is 32.9 Å². The summed E-state index contributed by atoms with van der Waals surface area (Å²) in [6.07, 6.45) is 3.35. The lowest BCUT2D eigenvalue weighted by atomic mass is 10.5. The summed E-state index contributed by atoms with van der Waals surface area (Å²) in [5, 5.41) is 4.71. The van der Waals surface area contributed by atoms with Gasteiger partial charge in [0.05, 0.1) is 18.1 Å². The quantitative estimate of drug-likeness (QED) is 0.446. The van der Waals surface area contributed by atoms with Crippen LogP contribution in [-0.2, 0) is 23.2 Å². The van der Waals surface area contributed by atoms with E-state index in [0.717, 1.165) is 0 Å². The number of hydrogen-bond acceptors (Lipinski definition) is 4. The number of aryl methyl sites for hydroxylation is 1. The second-order valence-electron chi connectivity index (χ2n) is 3.29. The highest BCUT2D eigenvalue weighted by molar-refractivity contribution is 7.80. The number of amides is 2. The number of rotatable bonds is 4. The number of nitrogens with one attached hydrogen (secondary N) is 2. The van der Waals surface area contributed by atoms with Gasteiger partial charge in [-0.1, -0.05) is 12.2 Å². The maximum Gasteiger partial charge on any atom is 0.309 e. The highest BCUT2D eigenvalue weighted by atomic mass is 32.1. The first-order valence-corrected chi connectivity index (χ1v) is 5.22. The molecule has 0 aliphatic carbocycles. The van der Waals surface area contributed by atoms with Crippen LogP contribution in [0.15, 0.2) is 12.4 Å². The summed E-state index contributed by atoms with van der Waals surface area (Å²) in [4.78, 5) is 26.7. The van der Waals surface area contributed by atoms with E-state index < -0.39 is 11.8 Å². The Morgan fingerprint density at radius 1 is 1.47 bits per heavy atom. The minimum Gasteiger partial charge on any atom is -0.392 e. The zero-order valence-electron chi connectivity index (χ0n) is 9.27. The standard InChI is InChI=1S/C9H13N5O2S/c1-14-3-2-11-7(14)5-13-9(16)8(15)12-4-6(10)17/h2-3H,4-5H2,1H3,(H2,10,17)(H,12,15)(H,13,16). The van der Waals surface area contributed by atoms with Crippen LogP contribution in [0, 0.1) is 0 Å². The van der Waals surface area contributed by atoms with E-state index in [1.165, 1.54) is 0 Å². The van der Waals surface area contributed by atoms with E-state index in [-0.39, 0.29) is 18.1 Å². The Morgan fingerprint density at radius 2 is 2.12 bits per heavy atom. The molecule has 0 atom stereocenters. The summed E-state index contributed by atoms with van der Waals surface area (Å²) in [6, 6.07) is 0. The Bertz CT molecular complexity index is 442. The number of carbonyl (C=O) groups is 2. The van der Waals surface area contributed by atoms with Crippen molar-refractivity contribution in [3.63, 3.8) is 0 Å². The molecule has 92 valence electrons. The molecule has 1 rings (SSSR count). The predicted octanol–water partition coefficient (Wildman–Crippen LogP) is -1.56. The molecular formula is C9H13N5O2S. The van der Waals surface area contributed by atoms with Gasteiger partial charge in [-0.2, -0.15) is 0 Å². The van der Waals surface area contributed by atoms with Gasteiger partial charge in [0.25, 0.3) is 0 Å². The molecule has 17 heavy (non-hydrogen) atoms. The minimum absolute atomic E-state index is 0.00396. The molecule has 0 spiro atoms. The van der Waals surface area contributed by atoms with Gasteiger partial charge in [0.15, 0.2) is 0 Å². The number of nitrogens with two attached hydrogens (primary N) is 1. The lowest BCUT2D eigenvalue weighted by Crippen LogP contribution is -2.42. The minimum atomic E-state index is -0.771. The van der Waals surface area contributed by atoms with E-state index in [1.54, 1.807) is 24.0 Å². The highest BCUT2D eigenvalue weighted by Gasteiger charge is 2.13. The summed E-state index contributed by atoms with van der Waals surface area (Å²) in [7, 11) is 1.79. The van der Waals surface area contributed by atoms with Crippen molar-refractivity contribution in [1.82, 2.24) is 20.2 Å². The molecule has 1 aromatic heterocycles. The third-order valence-corrected chi connectivity index (χ3v) is 2.10. The Kier molecular flexibility index (Phi) is 4.58. The maximum atomic E-state index is 11.3. The number of nitrogens with zero attached hydrogens (tertiary/aromatic N) is 2. The first-order valence-electron chi connectivity index (χ1n) is 4.81. The van der Waals surface area contributed by atoms with Crippen LogP contribution in [0.1, 0.15) is 5.82 Å². The average Bonchev–Trinajstić information content (AvgIpc) is 2.68. The fraction of sp³-hybridized carbons (Fsp3) is 0.333. The van der Waals surface area contributed by atoms with Crippen molar-refractivity contribution >= 4 is 29.0 Å². The molecule has 0 radical (unpaired) electrons. The number of aromatic nitrogens is 2. The molecule has 2 amide bonds. The van der Waals surface area contributed by atoms with Crippen molar-refractivity contribution in [3.05, 3.63) is 18.2 Å². The van der Waals surface area contributed by atoms with Gasteiger partial charge in [-0.15, -0.1) is 0 Å². The Labute approximate surface area is 103 Å². The van der Waals surface area contributed by atoms with Crippen molar-refractivity contribution in [3.8, 4) is 0 Å². The van der Waals surface area contributed by atoms with Crippen molar-refractivity contribution in [2.45, 2.75) is 6.54 Å². The fourth-order valence-corrected chi connectivity index (χ4v) is 1.13. The Hall–Kier alpha value is -1.96. The van der Waals surface area contributed by atoms with Crippen molar-refractivity contribution < 1.29 is 9.59 Å². The van der Waals surface area contributed by atoms with Gasteiger partial charge < -0.3 is 20.9 Å². The monoisotopic (exact) mass is 255 g/mol. The van der Waals surface area contributed by atoms with Crippen LogP contribution in [0.2, 0.25) is 0 Å². The first kappa shape index (κ1) is 13.1. The van der Waals surface area contributed by atoms with Gasteiger partial charge in [-0.3, -0.25) is 9.59 Å². The molecule has 0 aromatic carbocycles. The maximum absolute atomic E-state index is 11.3. The van der Waals surface area contributed by atoms with Crippen molar-refractivity contribution in [2.24, 2.45) is 12.8 Å². The van der Waals surface area contributed by atoms with Crippen LogP contribution >= 0.6 is 12.2 Å². The topological polar surface area (TPSA) is 102 Å². The lowest BCUT2D eigenvalue weighted by Gasteiger charge is -2.05. The average molecular weight is 255 g/mol. The number of thiocarbonyl (C=S) groups is 1. The van der Waals surface area contributed by atoms with E-state index in [4.69, 9.17) is 5.73 Å². The molecule has 1 aromatic rings. The molecule has 4 N–H and O–H groups in total. The van der Waals surface area contributed by atoms with Crippen LogP contribution in [0.5, 0.6) is 0 Å². The molecule has 0 aliphatic rings. The van der Waals surface area contributed by atoms with Gasteiger partial charge in [0, 0.05) is 19.4 Å². The largest absolute Gasteiger partial charge is 0.392 e. The Morgan fingerprint density at radius 3 is 2.65 bits per heavy atom. The van der Waals surface area contributed by atoms with Crippen molar-refractivity contribution in [1.29, 1.82) is 0 Å². The molecule has 0 unspecified atom stereocenters. The van der Waals surface area contributed by atoms with Crippen LogP contribution < -0.4 is 16.4 Å². The number of hydrogen-bond donors (Lipinski definition) is 3. The lowest BCUT2D eigenvalue weighted by molar-refractivity contribution is -0.139. The third kappa shape index (κ3) is 4.19. The van der Waals surface area contributed by atoms with Gasteiger partial charge in [-0.25, -0.2) is 4.98 Å². The van der Waals surface area contributed by atoms with E-state index in [2.05, 4.69) is 27.8 Å². The van der Waals surface area contributed by atoms with E-state index in [0.29, 0.717) is 5.82 Å². The highest BCUT2D eigenvalue weighted by Crippen LogP contribution is 1.92. The third-order valence-electron chi connectivity index (χ3n) is 1.96. The Balaban J connectivity index is 2.37. The molecule has 8 heteroatoms. The molecule has 1 heterocycles.